The molecule has 0 aliphatic rings. The number of ether oxygens (including phenoxy) is 1. The van der Waals surface area contributed by atoms with E-state index in [4.69, 9.17) is 4.74 Å². The van der Waals surface area contributed by atoms with Crippen LogP contribution >= 0.6 is 11.3 Å². The summed E-state index contributed by atoms with van der Waals surface area (Å²) < 4.78 is 6.97. The Hall–Kier alpha value is -1.99. The Morgan fingerprint density at radius 2 is 2.23 bits per heavy atom. The monoisotopic (exact) mass is 317 g/mol. The number of nitrogens with zero attached hydrogens (tertiary/aromatic N) is 4. The first-order valence-electron chi connectivity index (χ1n) is 7.33. The molecule has 3 heterocycles. The van der Waals surface area contributed by atoms with Gasteiger partial charge in [-0.1, -0.05) is 6.92 Å². The molecule has 0 spiro atoms. The van der Waals surface area contributed by atoms with Gasteiger partial charge in [-0.25, -0.2) is 9.97 Å². The van der Waals surface area contributed by atoms with E-state index in [-0.39, 0.29) is 0 Å². The van der Waals surface area contributed by atoms with Gasteiger partial charge in [0, 0.05) is 38.9 Å². The van der Waals surface area contributed by atoms with E-state index in [2.05, 4.69) is 27.3 Å². The maximum absolute atomic E-state index is 5.06. The van der Waals surface area contributed by atoms with Gasteiger partial charge in [0.1, 0.15) is 16.5 Å². The predicted molar refractivity (Wildman–Crippen MR) is 88.8 cm³/mol. The average Bonchev–Trinajstić information content (AvgIpc) is 3.16. The van der Waals surface area contributed by atoms with Crippen molar-refractivity contribution in [2.75, 3.05) is 19.0 Å². The number of aromatic nitrogens is 4. The zero-order valence-corrected chi connectivity index (χ0v) is 13.6. The van der Waals surface area contributed by atoms with Crippen LogP contribution in [0.25, 0.3) is 10.2 Å². The lowest BCUT2D eigenvalue weighted by atomic mass is 10.3. The quantitative estimate of drug-likeness (QED) is 0.678. The lowest BCUT2D eigenvalue weighted by Crippen LogP contribution is -2.04. The molecule has 3 aromatic heterocycles. The minimum Gasteiger partial charge on any atom is -0.385 e. The first-order valence-corrected chi connectivity index (χ1v) is 8.21. The molecule has 0 saturated heterocycles. The van der Waals surface area contributed by atoms with E-state index in [0.717, 1.165) is 53.7 Å². The van der Waals surface area contributed by atoms with Crippen LogP contribution in [0.5, 0.6) is 0 Å². The van der Waals surface area contributed by atoms with E-state index < -0.39 is 0 Å². The van der Waals surface area contributed by atoms with Crippen LogP contribution in [0.1, 0.15) is 19.2 Å². The number of nitrogens with one attached hydrogen (secondary N) is 1. The highest BCUT2D eigenvalue weighted by atomic mass is 32.1. The Balaban J connectivity index is 1.79. The Morgan fingerprint density at radius 1 is 1.32 bits per heavy atom. The molecule has 0 saturated carbocycles. The standard InChI is InChI=1S/C15H19N5OS/c1-3-12-16-14(11-6-10-22-15(11)18-12)17-13-5-8-20(19-13)7-4-9-21-2/h5-6,8,10H,3-4,7,9H2,1-2H3,(H,16,17,18,19). The van der Waals surface area contributed by atoms with Crippen molar-refractivity contribution >= 4 is 33.2 Å². The fourth-order valence-electron chi connectivity index (χ4n) is 2.20. The van der Waals surface area contributed by atoms with E-state index in [1.54, 1.807) is 18.4 Å². The maximum Gasteiger partial charge on any atom is 0.153 e. The molecular formula is C15H19N5OS. The molecular weight excluding hydrogens is 298 g/mol. The molecule has 0 amide bonds. The highest BCUT2D eigenvalue weighted by Gasteiger charge is 2.09. The third-order valence-corrected chi connectivity index (χ3v) is 4.12. The van der Waals surface area contributed by atoms with Gasteiger partial charge < -0.3 is 10.1 Å². The van der Waals surface area contributed by atoms with E-state index >= 15 is 0 Å². The minimum atomic E-state index is 0.740. The topological polar surface area (TPSA) is 64.9 Å². The molecule has 0 aromatic carbocycles. The van der Waals surface area contributed by atoms with E-state index in [9.17, 15) is 0 Å². The van der Waals surface area contributed by atoms with Gasteiger partial charge in [-0.2, -0.15) is 5.10 Å². The van der Waals surface area contributed by atoms with Crippen molar-refractivity contribution in [2.24, 2.45) is 0 Å². The average molecular weight is 317 g/mol. The van der Waals surface area contributed by atoms with Crippen LogP contribution in [-0.4, -0.2) is 33.5 Å². The van der Waals surface area contributed by atoms with Gasteiger partial charge in [0.2, 0.25) is 0 Å². The summed E-state index contributed by atoms with van der Waals surface area (Å²) in [5, 5.41) is 10.9. The number of fused-ring (bicyclic) bond motifs is 1. The molecule has 0 unspecified atom stereocenters. The van der Waals surface area contributed by atoms with Crippen molar-refractivity contribution < 1.29 is 4.74 Å². The molecule has 0 bridgehead atoms. The fraction of sp³-hybridized carbons (Fsp3) is 0.400. The number of methoxy groups -OCH3 is 1. The van der Waals surface area contributed by atoms with Gasteiger partial charge in [0.05, 0.1) is 5.39 Å². The number of anilines is 2. The van der Waals surface area contributed by atoms with Gasteiger partial charge in [0.25, 0.3) is 0 Å². The van der Waals surface area contributed by atoms with Crippen LogP contribution in [0.15, 0.2) is 23.7 Å². The van der Waals surface area contributed by atoms with E-state index in [1.807, 2.05) is 28.4 Å². The molecule has 7 heteroatoms. The molecule has 3 aromatic rings. The summed E-state index contributed by atoms with van der Waals surface area (Å²) in [5.41, 5.74) is 0. The number of hydrogen-bond donors (Lipinski definition) is 1. The molecule has 6 nitrogen and oxygen atoms in total. The summed E-state index contributed by atoms with van der Waals surface area (Å²) >= 11 is 1.63. The van der Waals surface area contributed by atoms with Crippen molar-refractivity contribution in [3.05, 3.63) is 29.5 Å². The number of aryl methyl sites for hydroxylation is 2. The Labute approximate surface area is 133 Å². The molecule has 0 aliphatic heterocycles. The second-order valence-corrected chi connectivity index (χ2v) is 5.81. The van der Waals surface area contributed by atoms with Crippen LogP contribution in [0, 0.1) is 0 Å². The third kappa shape index (κ3) is 3.26. The van der Waals surface area contributed by atoms with Crippen molar-refractivity contribution in [1.29, 1.82) is 0 Å². The predicted octanol–water partition coefficient (Wildman–Crippen LogP) is 3.23. The molecule has 1 N–H and O–H groups in total. The number of rotatable bonds is 7. The van der Waals surface area contributed by atoms with Gasteiger partial charge >= 0.3 is 0 Å². The minimum absolute atomic E-state index is 0.740. The lowest BCUT2D eigenvalue weighted by Gasteiger charge is -2.06. The first kappa shape index (κ1) is 14.9. The number of thiophene rings is 1. The van der Waals surface area contributed by atoms with Crippen molar-refractivity contribution in [3.8, 4) is 0 Å². The Kier molecular flexibility index (Phi) is 4.65. The second kappa shape index (κ2) is 6.85. The van der Waals surface area contributed by atoms with Crippen LogP contribution in [0.3, 0.4) is 0 Å². The van der Waals surface area contributed by atoms with Gasteiger partial charge in [-0.3, -0.25) is 4.68 Å². The molecule has 0 atom stereocenters. The van der Waals surface area contributed by atoms with Gasteiger partial charge in [-0.15, -0.1) is 11.3 Å². The van der Waals surface area contributed by atoms with E-state index in [0.29, 0.717) is 0 Å². The van der Waals surface area contributed by atoms with E-state index in [1.165, 1.54) is 0 Å². The highest BCUT2D eigenvalue weighted by Crippen LogP contribution is 2.27. The van der Waals surface area contributed by atoms with Crippen molar-refractivity contribution in [1.82, 2.24) is 19.7 Å². The molecule has 116 valence electrons. The third-order valence-electron chi connectivity index (χ3n) is 3.31. The largest absolute Gasteiger partial charge is 0.385 e. The van der Waals surface area contributed by atoms with Crippen LogP contribution in [0.2, 0.25) is 0 Å². The first-order chi connectivity index (χ1) is 10.8. The lowest BCUT2D eigenvalue weighted by molar-refractivity contribution is 0.189. The molecule has 3 rings (SSSR count). The molecule has 0 radical (unpaired) electrons. The Morgan fingerprint density at radius 3 is 3.05 bits per heavy atom. The highest BCUT2D eigenvalue weighted by molar-refractivity contribution is 7.16. The second-order valence-electron chi connectivity index (χ2n) is 4.92. The van der Waals surface area contributed by atoms with Crippen LogP contribution in [0.4, 0.5) is 11.6 Å². The SMILES string of the molecule is CCc1nc(Nc2ccn(CCCOC)n2)c2ccsc2n1. The summed E-state index contributed by atoms with van der Waals surface area (Å²) in [6.07, 6.45) is 3.72. The van der Waals surface area contributed by atoms with Crippen LogP contribution in [-0.2, 0) is 17.7 Å². The zero-order chi connectivity index (χ0) is 15.4. The number of hydrogen-bond acceptors (Lipinski definition) is 6. The summed E-state index contributed by atoms with van der Waals surface area (Å²) in [7, 11) is 1.71. The molecule has 0 fully saturated rings. The fourth-order valence-corrected chi connectivity index (χ4v) is 2.98. The zero-order valence-electron chi connectivity index (χ0n) is 12.7. The summed E-state index contributed by atoms with van der Waals surface area (Å²) in [4.78, 5) is 10.1. The van der Waals surface area contributed by atoms with Crippen molar-refractivity contribution in [2.45, 2.75) is 26.3 Å². The normalized spacial score (nSPS) is 11.2. The Bertz CT molecular complexity index is 751. The summed E-state index contributed by atoms with van der Waals surface area (Å²) in [5.74, 6) is 2.47. The van der Waals surface area contributed by atoms with Gasteiger partial charge in [-0.05, 0) is 17.9 Å². The summed E-state index contributed by atoms with van der Waals surface area (Å²) in [6, 6.07) is 4.00. The smallest absolute Gasteiger partial charge is 0.153 e. The summed E-state index contributed by atoms with van der Waals surface area (Å²) in [6.45, 7) is 3.64. The molecule has 0 aliphatic carbocycles. The van der Waals surface area contributed by atoms with Gasteiger partial charge in [0.15, 0.2) is 5.82 Å². The van der Waals surface area contributed by atoms with Crippen molar-refractivity contribution in [3.63, 3.8) is 0 Å². The molecule has 22 heavy (non-hydrogen) atoms. The maximum atomic E-state index is 5.06. The van der Waals surface area contributed by atoms with Crippen LogP contribution < -0.4 is 5.32 Å².